The van der Waals surface area contributed by atoms with Gasteiger partial charge in [0.25, 0.3) is 0 Å². The minimum atomic E-state index is -3.61. The highest BCUT2D eigenvalue weighted by Crippen LogP contribution is 2.38. The smallest absolute Gasteiger partial charge is 0.241 e. The number of ether oxygens (including phenoxy) is 1. The molecule has 1 aromatic carbocycles. The second-order valence-electron chi connectivity index (χ2n) is 8.07. The van der Waals surface area contributed by atoms with Gasteiger partial charge in [-0.05, 0) is 45.2 Å². The second-order valence-corrected chi connectivity index (χ2v) is 9.81. The van der Waals surface area contributed by atoms with Crippen LogP contribution in [-0.4, -0.2) is 34.9 Å². The van der Waals surface area contributed by atoms with Gasteiger partial charge in [-0.1, -0.05) is 0 Å². The van der Waals surface area contributed by atoms with E-state index in [-0.39, 0.29) is 34.7 Å². The van der Waals surface area contributed by atoms with E-state index in [1.807, 2.05) is 19.9 Å². The summed E-state index contributed by atoms with van der Waals surface area (Å²) in [6.07, 6.45) is 2.84. The Morgan fingerprint density at radius 1 is 1.19 bits per heavy atom. The molecule has 2 aromatic heterocycles. The maximum Gasteiger partial charge on any atom is 0.241 e. The summed E-state index contributed by atoms with van der Waals surface area (Å²) in [5, 5.41) is 17.4. The number of rotatable bonds is 5. The summed E-state index contributed by atoms with van der Waals surface area (Å²) in [6, 6.07) is 4.69. The van der Waals surface area contributed by atoms with E-state index in [0.29, 0.717) is 5.82 Å². The van der Waals surface area contributed by atoms with Crippen LogP contribution < -0.4 is 14.8 Å². The topological polar surface area (TPSA) is 125 Å². The zero-order valence-corrected chi connectivity index (χ0v) is 17.9. The lowest BCUT2D eigenvalue weighted by molar-refractivity contribution is 0.205. The van der Waals surface area contributed by atoms with Crippen molar-refractivity contribution in [1.29, 1.82) is 0 Å². The molecule has 31 heavy (non-hydrogen) atoms. The van der Waals surface area contributed by atoms with Gasteiger partial charge in [0.05, 0.1) is 22.4 Å². The number of H-pyrrole nitrogens is 2. The standard InChI is InChI=1S/C20H23FN6O3S/c1-10-20(11(2)25-24-10)30-13-4-3-12(7-13)16-8-18(27-26-16)23-15-5-6-17-14(19(15)21)9-22-31(17,28)29/h5-6,8,12-13,22H,3-4,7,9H2,1-2H3,(H,24,25)(H2,23,26,27). The highest BCUT2D eigenvalue weighted by atomic mass is 32.2. The number of anilines is 2. The minimum Gasteiger partial charge on any atom is -0.487 e. The molecule has 0 spiro atoms. The van der Waals surface area contributed by atoms with Gasteiger partial charge < -0.3 is 10.1 Å². The Balaban J connectivity index is 1.27. The Hall–Kier alpha value is -2.92. The van der Waals surface area contributed by atoms with Crippen LogP contribution in [-0.2, 0) is 16.6 Å². The van der Waals surface area contributed by atoms with E-state index in [2.05, 4.69) is 30.4 Å². The maximum atomic E-state index is 14.8. The highest BCUT2D eigenvalue weighted by molar-refractivity contribution is 7.89. The first-order chi connectivity index (χ1) is 14.8. The van der Waals surface area contributed by atoms with Crippen LogP contribution in [0.25, 0.3) is 0 Å². The number of fused-ring (bicyclic) bond motifs is 1. The molecule has 11 heteroatoms. The van der Waals surface area contributed by atoms with Crippen molar-refractivity contribution in [2.75, 3.05) is 5.32 Å². The Bertz CT molecular complexity index is 1230. The van der Waals surface area contributed by atoms with Crippen molar-refractivity contribution in [3.63, 3.8) is 0 Å². The van der Waals surface area contributed by atoms with Gasteiger partial charge in [0.1, 0.15) is 5.69 Å². The van der Waals surface area contributed by atoms with E-state index in [1.54, 1.807) is 0 Å². The van der Waals surface area contributed by atoms with Crippen molar-refractivity contribution >= 4 is 21.5 Å². The van der Waals surface area contributed by atoms with Gasteiger partial charge in [-0.2, -0.15) is 10.2 Å². The number of hydrogen-bond acceptors (Lipinski definition) is 6. The number of nitrogens with zero attached hydrogens (tertiary/aromatic N) is 2. The van der Waals surface area contributed by atoms with E-state index >= 15 is 0 Å². The molecule has 2 unspecified atom stereocenters. The summed E-state index contributed by atoms with van der Waals surface area (Å²) in [5.41, 5.74) is 3.07. The van der Waals surface area contributed by atoms with Crippen molar-refractivity contribution in [2.45, 2.75) is 56.6 Å². The van der Waals surface area contributed by atoms with Crippen LogP contribution >= 0.6 is 0 Å². The van der Waals surface area contributed by atoms with Gasteiger partial charge in [-0.3, -0.25) is 10.2 Å². The molecule has 9 nitrogen and oxygen atoms in total. The number of halogens is 1. The molecular formula is C20H23FN6O3S. The Morgan fingerprint density at radius 2 is 2.03 bits per heavy atom. The van der Waals surface area contributed by atoms with E-state index in [4.69, 9.17) is 4.74 Å². The van der Waals surface area contributed by atoms with Crippen LogP contribution in [0.4, 0.5) is 15.9 Å². The third-order valence-corrected chi connectivity index (χ3v) is 7.44. The first-order valence-electron chi connectivity index (χ1n) is 10.1. The summed E-state index contributed by atoms with van der Waals surface area (Å²) in [6.45, 7) is 3.81. The second kappa shape index (κ2) is 7.34. The van der Waals surface area contributed by atoms with Gasteiger partial charge in [-0.25, -0.2) is 17.5 Å². The highest BCUT2D eigenvalue weighted by Gasteiger charge is 2.31. The van der Waals surface area contributed by atoms with E-state index < -0.39 is 15.8 Å². The molecule has 0 bridgehead atoms. The summed E-state index contributed by atoms with van der Waals surface area (Å²) in [5.74, 6) is 0.977. The van der Waals surface area contributed by atoms with Crippen molar-refractivity contribution in [3.05, 3.63) is 46.7 Å². The lowest BCUT2D eigenvalue weighted by Gasteiger charge is -2.13. The van der Waals surface area contributed by atoms with Gasteiger partial charge in [0.15, 0.2) is 17.4 Å². The maximum absolute atomic E-state index is 14.8. The molecule has 2 aliphatic rings. The van der Waals surface area contributed by atoms with Crippen molar-refractivity contribution < 1.29 is 17.5 Å². The van der Waals surface area contributed by atoms with Crippen LogP contribution in [0.15, 0.2) is 23.1 Å². The number of benzene rings is 1. The molecule has 2 atom stereocenters. The molecule has 164 valence electrons. The number of aromatic nitrogens is 4. The Labute approximate surface area is 178 Å². The van der Waals surface area contributed by atoms with Gasteiger partial charge in [-0.15, -0.1) is 0 Å². The Kier molecular flexibility index (Phi) is 4.74. The van der Waals surface area contributed by atoms with Crippen LogP contribution in [0.5, 0.6) is 5.75 Å². The summed E-state index contributed by atoms with van der Waals surface area (Å²) < 4.78 is 47.0. The molecule has 3 aromatic rings. The Morgan fingerprint density at radius 3 is 2.81 bits per heavy atom. The molecule has 0 saturated heterocycles. The zero-order valence-electron chi connectivity index (χ0n) is 17.1. The molecule has 1 fully saturated rings. The van der Waals surface area contributed by atoms with Crippen molar-refractivity contribution in [3.8, 4) is 5.75 Å². The average molecular weight is 447 g/mol. The predicted octanol–water partition coefficient (Wildman–Crippen LogP) is 3.14. The van der Waals surface area contributed by atoms with Gasteiger partial charge in [0, 0.05) is 29.8 Å². The average Bonchev–Trinajstić information content (AvgIpc) is 3.50. The van der Waals surface area contributed by atoms with Gasteiger partial charge in [0.2, 0.25) is 10.0 Å². The minimum absolute atomic E-state index is 0.0154. The largest absolute Gasteiger partial charge is 0.487 e. The fourth-order valence-electron chi connectivity index (χ4n) is 4.32. The molecule has 1 aliphatic heterocycles. The lowest BCUT2D eigenvalue weighted by Crippen LogP contribution is -2.13. The van der Waals surface area contributed by atoms with Crippen LogP contribution in [0.1, 0.15) is 47.8 Å². The molecule has 1 saturated carbocycles. The van der Waals surface area contributed by atoms with Crippen LogP contribution in [0.3, 0.4) is 0 Å². The first kappa shape index (κ1) is 20.0. The molecule has 4 N–H and O–H groups in total. The third-order valence-electron chi connectivity index (χ3n) is 5.96. The normalized spacial score (nSPS) is 21.9. The number of sulfonamides is 1. The molecule has 0 amide bonds. The first-order valence-corrected chi connectivity index (χ1v) is 11.6. The number of aromatic amines is 2. The zero-order chi connectivity index (χ0) is 21.8. The fraction of sp³-hybridized carbons (Fsp3) is 0.400. The van der Waals surface area contributed by atoms with Crippen LogP contribution in [0, 0.1) is 19.7 Å². The van der Waals surface area contributed by atoms with Crippen LogP contribution in [0.2, 0.25) is 0 Å². The lowest BCUT2D eigenvalue weighted by atomic mass is 10.0. The molecule has 3 heterocycles. The molecular weight excluding hydrogens is 423 g/mol. The summed E-state index contributed by atoms with van der Waals surface area (Å²) in [7, 11) is -3.61. The fourth-order valence-corrected chi connectivity index (χ4v) is 5.54. The quantitative estimate of drug-likeness (QED) is 0.477. The summed E-state index contributed by atoms with van der Waals surface area (Å²) in [4.78, 5) is -0.0154. The predicted molar refractivity (Wildman–Crippen MR) is 111 cm³/mol. The summed E-state index contributed by atoms with van der Waals surface area (Å²) >= 11 is 0. The number of hydrogen-bond donors (Lipinski definition) is 4. The molecule has 5 rings (SSSR count). The van der Waals surface area contributed by atoms with E-state index in [0.717, 1.165) is 42.1 Å². The van der Waals surface area contributed by atoms with E-state index in [1.165, 1.54) is 12.1 Å². The van der Waals surface area contributed by atoms with Gasteiger partial charge >= 0.3 is 0 Å². The van der Waals surface area contributed by atoms with Crippen molar-refractivity contribution in [2.24, 2.45) is 0 Å². The number of nitrogens with one attached hydrogen (secondary N) is 4. The van der Waals surface area contributed by atoms with E-state index in [9.17, 15) is 12.8 Å². The third kappa shape index (κ3) is 3.57. The molecule has 1 aliphatic carbocycles. The SMILES string of the molecule is Cc1n[nH]c(C)c1OC1CCC(c2cc(Nc3ccc4c(c3F)CNS4(=O)=O)n[nH]2)C1. The monoisotopic (exact) mass is 446 g/mol. The number of aryl methyl sites for hydroxylation is 2. The van der Waals surface area contributed by atoms with Crippen molar-refractivity contribution in [1.82, 2.24) is 25.1 Å². The molecule has 0 radical (unpaired) electrons.